The molecule has 6 heteroatoms. The Hall–Kier alpha value is -2.76. The van der Waals surface area contributed by atoms with E-state index in [1.165, 1.54) is 18.6 Å². The summed E-state index contributed by atoms with van der Waals surface area (Å²) in [4.78, 5) is 25.8. The second kappa shape index (κ2) is 8.03. The van der Waals surface area contributed by atoms with Crippen LogP contribution in [0.2, 0.25) is 0 Å². The van der Waals surface area contributed by atoms with Gasteiger partial charge in [0.2, 0.25) is 5.91 Å². The zero-order chi connectivity index (χ0) is 16.7. The number of para-hydroxylation sites is 1. The van der Waals surface area contributed by atoms with E-state index in [-0.39, 0.29) is 24.1 Å². The minimum absolute atomic E-state index is 0.0996. The summed E-state index contributed by atoms with van der Waals surface area (Å²) in [7, 11) is 0. The van der Waals surface area contributed by atoms with Gasteiger partial charge >= 0.3 is 0 Å². The molecule has 23 heavy (non-hydrogen) atoms. The molecule has 0 saturated carbocycles. The van der Waals surface area contributed by atoms with Gasteiger partial charge in [0.25, 0.3) is 5.91 Å². The maximum absolute atomic E-state index is 12.3. The van der Waals surface area contributed by atoms with Crippen LogP contribution in [0.3, 0.4) is 0 Å². The Balaban J connectivity index is 1.95. The number of benzene rings is 1. The number of carbonyl (C=O) groups is 2. The minimum atomic E-state index is -0.355. The number of hydrogen-bond donors (Lipinski definition) is 2. The second-order valence-corrected chi connectivity index (χ2v) is 5.14. The summed E-state index contributed by atoms with van der Waals surface area (Å²) >= 11 is 0. The van der Waals surface area contributed by atoms with E-state index in [4.69, 9.17) is 4.42 Å². The highest BCUT2D eigenvalue weighted by Crippen LogP contribution is 2.17. The van der Waals surface area contributed by atoms with E-state index in [1.54, 1.807) is 23.1 Å². The van der Waals surface area contributed by atoms with Crippen molar-refractivity contribution < 1.29 is 19.1 Å². The molecule has 0 aliphatic carbocycles. The first-order valence-electron chi connectivity index (χ1n) is 7.47. The maximum Gasteiger partial charge on any atom is 0.254 e. The standard InChI is InChI=1S/C17H20N2O4/c1-2-8-19(11-13-5-3-4-6-15(13)20)16(21)10-18-17(22)14-7-9-23-12-14/h3-7,9,12,20H,2,8,10-11H2,1H3,(H,18,22). The zero-order valence-electron chi connectivity index (χ0n) is 13.0. The molecule has 1 aromatic carbocycles. The summed E-state index contributed by atoms with van der Waals surface area (Å²) in [6, 6.07) is 8.44. The lowest BCUT2D eigenvalue weighted by Crippen LogP contribution is -2.40. The van der Waals surface area contributed by atoms with Crippen LogP contribution in [-0.2, 0) is 11.3 Å². The first kappa shape index (κ1) is 16.6. The van der Waals surface area contributed by atoms with Crippen molar-refractivity contribution in [2.75, 3.05) is 13.1 Å². The van der Waals surface area contributed by atoms with Gasteiger partial charge in [-0.2, -0.15) is 0 Å². The highest BCUT2D eigenvalue weighted by molar-refractivity contribution is 5.96. The molecule has 1 aromatic heterocycles. The van der Waals surface area contributed by atoms with Gasteiger partial charge in [0.05, 0.1) is 18.4 Å². The quantitative estimate of drug-likeness (QED) is 0.820. The van der Waals surface area contributed by atoms with E-state index < -0.39 is 0 Å². The molecule has 2 rings (SSSR count). The van der Waals surface area contributed by atoms with Gasteiger partial charge in [0, 0.05) is 18.7 Å². The van der Waals surface area contributed by atoms with Crippen LogP contribution in [0, 0.1) is 0 Å². The van der Waals surface area contributed by atoms with Crippen molar-refractivity contribution in [2.24, 2.45) is 0 Å². The second-order valence-electron chi connectivity index (χ2n) is 5.14. The van der Waals surface area contributed by atoms with E-state index in [1.807, 2.05) is 13.0 Å². The van der Waals surface area contributed by atoms with E-state index in [9.17, 15) is 14.7 Å². The highest BCUT2D eigenvalue weighted by atomic mass is 16.3. The Bertz CT molecular complexity index is 652. The van der Waals surface area contributed by atoms with Gasteiger partial charge in [-0.1, -0.05) is 25.1 Å². The molecule has 6 nitrogen and oxygen atoms in total. The number of phenolic OH excluding ortho intramolecular Hbond substituents is 1. The molecule has 0 saturated heterocycles. The number of aromatic hydroxyl groups is 1. The molecular weight excluding hydrogens is 296 g/mol. The SMILES string of the molecule is CCCN(Cc1ccccc1O)C(=O)CNC(=O)c1ccoc1. The fourth-order valence-corrected chi connectivity index (χ4v) is 2.18. The predicted octanol–water partition coefficient (Wildman–Crippen LogP) is 2.15. The highest BCUT2D eigenvalue weighted by Gasteiger charge is 2.16. The molecular formula is C17H20N2O4. The van der Waals surface area contributed by atoms with Crippen molar-refractivity contribution in [3.05, 3.63) is 54.0 Å². The molecule has 0 aliphatic heterocycles. The first-order valence-corrected chi connectivity index (χ1v) is 7.47. The number of nitrogens with zero attached hydrogens (tertiary/aromatic N) is 1. The molecule has 0 unspecified atom stereocenters. The Morgan fingerprint density at radius 1 is 1.26 bits per heavy atom. The van der Waals surface area contributed by atoms with Gasteiger partial charge in [0.15, 0.2) is 0 Å². The molecule has 2 amide bonds. The van der Waals surface area contributed by atoms with Gasteiger partial charge in [-0.05, 0) is 18.6 Å². The van der Waals surface area contributed by atoms with Gasteiger partial charge in [-0.25, -0.2) is 0 Å². The summed E-state index contributed by atoms with van der Waals surface area (Å²) in [6.45, 7) is 2.72. The number of amides is 2. The largest absolute Gasteiger partial charge is 0.508 e. The molecule has 0 fully saturated rings. The van der Waals surface area contributed by atoms with Crippen LogP contribution in [0.25, 0.3) is 0 Å². The minimum Gasteiger partial charge on any atom is -0.508 e. The van der Waals surface area contributed by atoms with E-state index in [2.05, 4.69) is 5.32 Å². The van der Waals surface area contributed by atoms with Crippen LogP contribution < -0.4 is 5.32 Å². The molecule has 0 radical (unpaired) electrons. The maximum atomic E-state index is 12.3. The van der Waals surface area contributed by atoms with Crippen LogP contribution in [0.1, 0.15) is 29.3 Å². The van der Waals surface area contributed by atoms with Crippen molar-refractivity contribution in [3.8, 4) is 5.75 Å². The summed E-state index contributed by atoms with van der Waals surface area (Å²) in [5.41, 5.74) is 1.05. The Kier molecular flexibility index (Phi) is 5.80. The van der Waals surface area contributed by atoms with Gasteiger partial charge < -0.3 is 19.7 Å². The summed E-state index contributed by atoms with van der Waals surface area (Å²) < 4.78 is 4.84. The number of furan rings is 1. The average molecular weight is 316 g/mol. The van der Waals surface area contributed by atoms with Crippen molar-refractivity contribution in [1.82, 2.24) is 10.2 Å². The van der Waals surface area contributed by atoms with Crippen LogP contribution in [0.5, 0.6) is 5.75 Å². The smallest absolute Gasteiger partial charge is 0.254 e. The normalized spacial score (nSPS) is 10.3. The lowest BCUT2D eigenvalue weighted by atomic mass is 10.2. The van der Waals surface area contributed by atoms with E-state index >= 15 is 0 Å². The van der Waals surface area contributed by atoms with Crippen LogP contribution in [0.4, 0.5) is 0 Å². The van der Waals surface area contributed by atoms with Gasteiger partial charge in [-0.3, -0.25) is 9.59 Å². The number of rotatable bonds is 7. The Labute approximate surface area is 134 Å². The molecule has 2 aromatic rings. The molecule has 0 atom stereocenters. The molecule has 0 aliphatic rings. The number of nitrogens with one attached hydrogen (secondary N) is 1. The predicted molar refractivity (Wildman–Crippen MR) is 84.9 cm³/mol. The summed E-state index contributed by atoms with van der Waals surface area (Å²) in [6.07, 6.45) is 3.51. The third kappa shape index (κ3) is 4.60. The topological polar surface area (TPSA) is 82.8 Å². The van der Waals surface area contributed by atoms with Gasteiger partial charge in [0.1, 0.15) is 12.0 Å². The zero-order valence-corrected chi connectivity index (χ0v) is 13.0. The average Bonchev–Trinajstić information content (AvgIpc) is 3.08. The summed E-state index contributed by atoms with van der Waals surface area (Å²) in [5, 5.41) is 12.4. The van der Waals surface area contributed by atoms with Crippen LogP contribution in [0.15, 0.2) is 47.3 Å². The lowest BCUT2D eigenvalue weighted by Gasteiger charge is -2.23. The van der Waals surface area contributed by atoms with Gasteiger partial charge in [-0.15, -0.1) is 0 Å². The van der Waals surface area contributed by atoms with E-state index in [0.717, 1.165) is 6.42 Å². The Morgan fingerprint density at radius 3 is 2.70 bits per heavy atom. The lowest BCUT2D eigenvalue weighted by molar-refractivity contribution is -0.130. The fourth-order valence-electron chi connectivity index (χ4n) is 2.18. The molecule has 0 bridgehead atoms. The van der Waals surface area contributed by atoms with Crippen molar-refractivity contribution in [1.29, 1.82) is 0 Å². The number of phenols is 1. The molecule has 122 valence electrons. The van der Waals surface area contributed by atoms with Crippen LogP contribution >= 0.6 is 0 Å². The number of carbonyl (C=O) groups excluding carboxylic acids is 2. The van der Waals surface area contributed by atoms with Crippen molar-refractivity contribution in [2.45, 2.75) is 19.9 Å². The third-order valence-corrected chi connectivity index (χ3v) is 3.38. The molecule has 0 spiro atoms. The first-order chi connectivity index (χ1) is 11.1. The molecule has 2 N–H and O–H groups in total. The third-order valence-electron chi connectivity index (χ3n) is 3.38. The fraction of sp³-hybridized carbons (Fsp3) is 0.294. The number of hydrogen-bond acceptors (Lipinski definition) is 4. The molecule has 1 heterocycles. The summed E-state index contributed by atoms with van der Waals surface area (Å²) in [5.74, 6) is -0.401. The monoisotopic (exact) mass is 316 g/mol. The van der Waals surface area contributed by atoms with Crippen LogP contribution in [-0.4, -0.2) is 34.9 Å². The Morgan fingerprint density at radius 2 is 2.04 bits per heavy atom. The van der Waals surface area contributed by atoms with Crippen molar-refractivity contribution >= 4 is 11.8 Å². The van der Waals surface area contributed by atoms with E-state index in [0.29, 0.717) is 24.2 Å². The van der Waals surface area contributed by atoms with Crippen molar-refractivity contribution in [3.63, 3.8) is 0 Å².